The summed E-state index contributed by atoms with van der Waals surface area (Å²) in [6.45, 7) is 0.226. The molecule has 0 N–H and O–H groups in total. The predicted molar refractivity (Wildman–Crippen MR) is 157 cm³/mol. The summed E-state index contributed by atoms with van der Waals surface area (Å²) in [4.78, 5) is 9.63. The number of fused-ring (bicyclic) bond motifs is 7. The van der Waals surface area contributed by atoms with E-state index in [2.05, 4.69) is 54.6 Å². The summed E-state index contributed by atoms with van der Waals surface area (Å²) >= 11 is 0. The molecule has 0 saturated heterocycles. The largest absolute Gasteiger partial charge is 0.497 e. The quantitative estimate of drug-likeness (QED) is 0.230. The summed E-state index contributed by atoms with van der Waals surface area (Å²) < 4.78 is 19.8. The van der Waals surface area contributed by atoms with Crippen molar-refractivity contribution >= 4 is 27.2 Å². The molecule has 198 valence electrons. The van der Waals surface area contributed by atoms with Crippen LogP contribution in [0.15, 0.2) is 109 Å². The van der Waals surface area contributed by atoms with Gasteiger partial charge in [0, 0.05) is 16.9 Å². The van der Waals surface area contributed by atoms with Gasteiger partial charge in [0.05, 0.1) is 12.7 Å². The number of ether oxygens (including phenoxy) is 3. The van der Waals surface area contributed by atoms with Crippen LogP contribution < -0.4 is 14.2 Å². The van der Waals surface area contributed by atoms with Crippen molar-refractivity contribution in [1.82, 2.24) is 19.6 Å². The van der Waals surface area contributed by atoms with E-state index in [9.17, 15) is 0 Å². The molecule has 7 aromatic rings. The van der Waals surface area contributed by atoms with E-state index in [1.54, 1.807) is 18.0 Å². The molecule has 0 radical (unpaired) electrons. The summed E-state index contributed by atoms with van der Waals surface area (Å²) in [6.07, 6.45) is 1.65. The number of methoxy groups -OCH3 is 1. The Hall–Kier alpha value is -5.43. The molecule has 5 aromatic carbocycles. The van der Waals surface area contributed by atoms with Crippen LogP contribution in [0.1, 0.15) is 28.4 Å². The van der Waals surface area contributed by atoms with E-state index in [0.717, 1.165) is 50.1 Å². The van der Waals surface area contributed by atoms with Gasteiger partial charge in [0.2, 0.25) is 5.88 Å². The average molecular weight is 537 g/mol. The van der Waals surface area contributed by atoms with Gasteiger partial charge in [-0.15, -0.1) is 5.10 Å². The van der Waals surface area contributed by atoms with E-state index in [-0.39, 0.29) is 12.5 Å². The molecule has 0 spiro atoms. The van der Waals surface area contributed by atoms with Crippen molar-refractivity contribution in [3.63, 3.8) is 0 Å². The zero-order valence-corrected chi connectivity index (χ0v) is 22.2. The monoisotopic (exact) mass is 536 g/mol. The third-order valence-electron chi connectivity index (χ3n) is 7.68. The Morgan fingerprint density at radius 2 is 1.56 bits per heavy atom. The summed E-state index contributed by atoms with van der Waals surface area (Å²) in [7, 11) is 1.67. The van der Waals surface area contributed by atoms with Gasteiger partial charge < -0.3 is 14.2 Å². The first-order valence-electron chi connectivity index (χ1n) is 13.4. The summed E-state index contributed by atoms with van der Waals surface area (Å²) in [6, 6.07) is 34.9. The molecule has 0 amide bonds. The molecule has 8 rings (SSSR count). The first-order valence-corrected chi connectivity index (χ1v) is 13.4. The van der Waals surface area contributed by atoms with E-state index >= 15 is 0 Å². The van der Waals surface area contributed by atoms with E-state index < -0.39 is 0 Å². The van der Waals surface area contributed by atoms with Crippen LogP contribution in [0.25, 0.3) is 27.2 Å². The highest BCUT2D eigenvalue weighted by Crippen LogP contribution is 2.50. The lowest BCUT2D eigenvalue weighted by molar-refractivity contribution is 0.296. The molecule has 0 aliphatic carbocycles. The lowest BCUT2D eigenvalue weighted by Gasteiger charge is -2.28. The normalized spacial score (nSPS) is 14.0. The van der Waals surface area contributed by atoms with E-state index in [1.807, 2.05) is 48.5 Å². The summed E-state index contributed by atoms with van der Waals surface area (Å²) in [5.41, 5.74) is 3.68. The van der Waals surface area contributed by atoms with Crippen molar-refractivity contribution in [1.29, 1.82) is 0 Å². The molecule has 1 atom stereocenters. The second kappa shape index (κ2) is 9.34. The topological polar surface area (TPSA) is 70.8 Å². The average Bonchev–Trinajstić information content (AvgIpc) is 3.46. The van der Waals surface area contributed by atoms with Gasteiger partial charge in [-0.1, -0.05) is 78.9 Å². The van der Waals surface area contributed by atoms with Crippen molar-refractivity contribution in [2.24, 2.45) is 0 Å². The van der Waals surface area contributed by atoms with E-state index in [0.29, 0.717) is 17.4 Å². The molecule has 3 heterocycles. The molecular weight excluding hydrogens is 512 g/mol. The minimum atomic E-state index is -0.168. The number of nitrogens with zero attached hydrogens (tertiary/aromatic N) is 4. The Bertz CT molecular complexity index is 2090. The molecule has 2 aromatic heterocycles. The van der Waals surface area contributed by atoms with Crippen LogP contribution in [0.3, 0.4) is 0 Å². The van der Waals surface area contributed by atoms with Gasteiger partial charge in [-0.2, -0.15) is 0 Å². The molecule has 0 fully saturated rings. The Morgan fingerprint density at radius 3 is 2.41 bits per heavy atom. The Balaban J connectivity index is 1.23. The van der Waals surface area contributed by atoms with Crippen LogP contribution >= 0.6 is 0 Å². The lowest BCUT2D eigenvalue weighted by Crippen LogP contribution is -2.15. The lowest BCUT2D eigenvalue weighted by atomic mass is 9.83. The first-order chi connectivity index (χ1) is 20.2. The van der Waals surface area contributed by atoms with Gasteiger partial charge >= 0.3 is 0 Å². The number of benzene rings is 5. The third kappa shape index (κ3) is 3.93. The Kier molecular flexibility index (Phi) is 5.35. The molecule has 7 heteroatoms. The number of rotatable bonds is 5. The summed E-state index contributed by atoms with van der Waals surface area (Å²) in [5.74, 6) is 3.30. The van der Waals surface area contributed by atoms with Gasteiger partial charge in [0.15, 0.2) is 11.5 Å². The van der Waals surface area contributed by atoms with Gasteiger partial charge in [-0.25, -0.2) is 14.5 Å². The maximum atomic E-state index is 6.53. The SMILES string of the molecule is COc1ccc([C@H]2c3ccc4ccccc4c3Oc3ncn4nc(COc5ccc6ccccc6c5)nc4c32)cc1. The molecule has 0 unspecified atom stereocenters. The minimum Gasteiger partial charge on any atom is -0.497 e. The van der Waals surface area contributed by atoms with Gasteiger partial charge in [-0.05, 0) is 46.0 Å². The molecule has 1 aliphatic rings. The highest BCUT2D eigenvalue weighted by Gasteiger charge is 2.34. The van der Waals surface area contributed by atoms with Crippen molar-refractivity contribution in [3.05, 3.63) is 132 Å². The van der Waals surface area contributed by atoms with Crippen molar-refractivity contribution in [3.8, 4) is 23.1 Å². The predicted octanol–water partition coefficient (Wildman–Crippen LogP) is 7.30. The second-order valence-corrected chi connectivity index (χ2v) is 10.1. The highest BCUT2D eigenvalue weighted by atomic mass is 16.5. The van der Waals surface area contributed by atoms with E-state index in [1.165, 1.54) is 5.39 Å². The fraction of sp³-hybridized carbons (Fsp3) is 0.0882. The minimum absolute atomic E-state index is 0.168. The van der Waals surface area contributed by atoms with Crippen LogP contribution in [-0.2, 0) is 6.61 Å². The van der Waals surface area contributed by atoms with Gasteiger partial charge in [0.1, 0.15) is 30.2 Å². The fourth-order valence-electron chi connectivity index (χ4n) is 5.70. The van der Waals surface area contributed by atoms with Crippen molar-refractivity contribution in [2.75, 3.05) is 7.11 Å². The van der Waals surface area contributed by atoms with Crippen LogP contribution in [0, 0.1) is 0 Å². The van der Waals surface area contributed by atoms with Crippen LogP contribution in [0.5, 0.6) is 23.1 Å². The number of aromatic nitrogens is 4. The molecular formula is C34H24N4O3. The highest BCUT2D eigenvalue weighted by molar-refractivity contribution is 5.91. The molecule has 0 bridgehead atoms. The van der Waals surface area contributed by atoms with Gasteiger partial charge in [0.25, 0.3) is 0 Å². The maximum absolute atomic E-state index is 6.53. The van der Waals surface area contributed by atoms with Crippen molar-refractivity contribution < 1.29 is 14.2 Å². The zero-order chi connectivity index (χ0) is 27.3. The Morgan fingerprint density at radius 1 is 0.805 bits per heavy atom. The Labute approximate surface area is 235 Å². The molecule has 0 saturated carbocycles. The van der Waals surface area contributed by atoms with E-state index in [4.69, 9.17) is 29.3 Å². The first kappa shape index (κ1) is 23.5. The third-order valence-corrected chi connectivity index (χ3v) is 7.68. The van der Waals surface area contributed by atoms with Gasteiger partial charge in [-0.3, -0.25) is 0 Å². The van der Waals surface area contributed by atoms with Crippen molar-refractivity contribution in [2.45, 2.75) is 12.5 Å². The van der Waals surface area contributed by atoms with Crippen LogP contribution in [0.2, 0.25) is 0 Å². The molecule has 1 aliphatic heterocycles. The smallest absolute Gasteiger partial charge is 0.228 e. The zero-order valence-electron chi connectivity index (χ0n) is 22.2. The second-order valence-electron chi connectivity index (χ2n) is 10.1. The molecule has 41 heavy (non-hydrogen) atoms. The maximum Gasteiger partial charge on any atom is 0.228 e. The standard InChI is InChI=1S/C34H24N4O3/c1-39-25-14-11-23(12-15-25)30-28-17-13-22-7-4-5-9-27(22)32(28)41-34-31(30)33-36-29(37-38(33)20-35-34)19-40-26-16-10-21-6-2-3-8-24(21)18-26/h2-18,20,30H,19H2,1H3/t30-/m0/s1. The van der Waals surface area contributed by atoms with Crippen LogP contribution in [-0.4, -0.2) is 26.7 Å². The number of hydrogen-bond donors (Lipinski definition) is 0. The summed E-state index contributed by atoms with van der Waals surface area (Å²) in [5, 5.41) is 9.15. The van der Waals surface area contributed by atoms with Crippen LogP contribution in [0.4, 0.5) is 0 Å². The fourth-order valence-corrected chi connectivity index (χ4v) is 5.70. The molecule has 7 nitrogen and oxygen atoms in total. The number of hydrogen-bond acceptors (Lipinski definition) is 6.